The predicted molar refractivity (Wildman–Crippen MR) is 188 cm³/mol. The molecule has 43 heavy (non-hydrogen) atoms. The van der Waals surface area contributed by atoms with E-state index in [0.717, 1.165) is 22.7 Å². The highest BCUT2D eigenvalue weighted by Gasteiger charge is 2.24. The molecule has 0 aliphatic heterocycles. The van der Waals surface area contributed by atoms with Gasteiger partial charge in [0.25, 0.3) is 0 Å². The van der Waals surface area contributed by atoms with Gasteiger partial charge in [0.15, 0.2) is 0 Å². The molecule has 0 aromatic heterocycles. The Morgan fingerprint density at radius 2 is 0.651 bits per heavy atom. The van der Waals surface area contributed by atoms with E-state index in [-0.39, 0.29) is 0 Å². The molecule has 4 heteroatoms. The van der Waals surface area contributed by atoms with Crippen LogP contribution in [0.15, 0.2) is 103 Å². The fourth-order valence-electron chi connectivity index (χ4n) is 6.01. The van der Waals surface area contributed by atoms with Gasteiger partial charge in [-0.05, 0) is 166 Å². The molecule has 0 unspecified atom stereocenters. The highest BCUT2D eigenvalue weighted by Crippen LogP contribution is 2.40. The molecule has 0 saturated heterocycles. The number of hydrogen-bond donors (Lipinski definition) is 0. The Balaban J connectivity index is 1.63. The van der Waals surface area contributed by atoms with Gasteiger partial charge in [-0.15, -0.1) is 0 Å². The second-order valence-corrected chi connectivity index (χ2v) is 16.5. The van der Waals surface area contributed by atoms with Crippen molar-refractivity contribution in [3.63, 3.8) is 0 Å². The summed E-state index contributed by atoms with van der Waals surface area (Å²) in [4.78, 5) is 4.73. The SMILES string of the molecule is CO[Si](C)(C)c1ccc(N(c2ccc(N(c3cc(C)cc(C)c3)c3cc(C)cc(C)c3)cc2)c2cc(C)cc(C)c2)cc1. The van der Waals surface area contributed by atoms with Gasteiger partial charge in [0.1, 0.15) is 0 Å². The Morgan fingerprint density at radius 1 is 0.395 bits per heavy atom. The standard InChI is InChI=1S/C39H44N2OSi/c1-27-18-28(2)22-36(21-27)40(35-14-16-39(17-15-35)43(8,9)42-7)33-10-12-34(13-11-33)41(37-23-29(3)19-30(4)24-37)38-25-31(5)20-32(6)26-38/h10-26H,1-9H3. The summed E-state index contributed by atoms with van der Waals surface area (Å²) in [6.45, 7) is 17.5. The summed E-state index contributed by atoms with van der Waals surface area (Å²) in [6, 6.07) is 38.2. The topological polar surface area (TPSA) is 15.7 Å². The van der Waals surface area contributed by atoms with Crippen LogP contribution >= 0.6 is 0 Å². The van der Waals surface area contributed by atoms with E-state index in [4.69, 9.17) is 4.43 Å². The molecule has 3 nitrogen and oxygen atoms in total. The lowest BCUT2D eigenvalue weighted by Gasteiger charge is -2.30. The minimum absolute atomic E-state index is 1.12. The lowest BCUT2D eigenvalue weighted by molar-refractivity contribution is 0.416. The highest BCUT2D eigenvalue weighted by molar-refractivity contribution is 6.84. The molecule has 5 aromatic carbocycles. The minimum Gasteiger partial charge on any atom is -0.416 e. The highest BCUT2D eigenvalue weighted by atomic mass is 28.4. The van der Waals surface area contributed by atoms with Crippen LogP contribution in [0.4, 0.5) is 34.1 Å². The Kier molecular flexibility index (Phi) is 8.63. The lowest BCUT2D eigenvalue weighted by Crippen LogP contribution is -2.43. The maximum atomic E-state index is 5.88. The van der Waals surface area contributed by atoms with Gasteiger partial charge >= 0.3 is 0 Å². The first-order valence-electron chi connectivity index (χ1n) is 15.0. The van der Waals surface area contributed by atoms with Crippen LogP contribution in [-0.4, -0.2) is 15.4 Å². The average molecular weight is 585 g/mol. The molecule has 0 saturated carbocycles. The van der Waals surface area contributed by atoms with Crippen LogP contribution in [0.2, 0.25) is 13.1 Å². The third-order valence-corrected chi connectivity index (χ3v) is 10.8. The van der Waals surface area contributed by atoms with Crippen molar-refractivity contribution in [2.45, 2.75) is 54.6 Å². The summed E-state index contributed by atoms with van der Waals surface area (Å²) in [5.74, 6) is 0. The van der Waals surface area contributed by atoms with Crippen molar-refractivity contribution in [1.29, 1.82) is 0 Å². The number of hydrogen-bond acceptors (Lipinski definition) is 3. The molecule has 0 bridgehead atoms. The summed E-state index contributed by atoms with van der Waals surface area (Å²) < 4.78 is 5.88. The zero-order valence-corrected chi connectivity index (χ0v) is 28.1. The molecule has 0 aliphatic carbocycles. The van der Waals surface area contributed by atoms with Crippen molar-refractivity contribution < 1.29 is 4.43 Å². The van der Waals surface area contributed by atoms with Crippen molar-refractivity contribution in [1.82, 2.24) is 0 Å². The first-order valence-corrected chi connectivity index (χ1v) is 18.0. The number of aryl methyl sites for hydroxylation is 6. The Labute approximate surface area is 259 Å². The van der Waals surface area contributed by atoms with Gasteiger partial charge in [0.2, 0.25) is 8.32 Å². The lowest BCUT2D eigenvalue weighted by atomic mass is 10.1. The Bertz CT molecular complexity index is 1630. The third-order valence-electron chi connectivity index (χ3n) is 8.09. The van der Waals surface area contributed by atoms with Gasteiger partial charge < -0.3 is 14.2 Å². The molecule has 5 aromatic rings. The molecule has 0 N–H and O–H groups in total. The summed E-state index contributed by atoms with van der Waals surface area (Å²) in [5, 5.41) is 1.28. The summed E-state index contributed by atoms with van der Waals surface area (Å²) in [6.07, 6.45) is 0. The van der Waals surface area contributed by atoms with Gasteiger partial charge in [-0.3, -0.25) is 0 Å². The second-order valence-electron chi connectivity index (χ2n) is 12.5. The quantitative estimate of drug-likeness (QED) is 0.169. The minimum atomic E-state index is -1.91. The van der Waals surface area contributed by atoms with E-state index in [1.807, 2.05) is 7.11 Å². The van der Waals surface area contributed by atoms with E-state index in [0.29, 0.717) is 0 Å². The summed E-state index contributed by atoms with van der Waals surface area (Å²) >= 11 is 0. The molecular formula is C39H44N2OSi. The molecule has 0 heterocycles. The summed E-state index contributed by atoms with van der Waals surface area (Å²) in [5.41, 5.74) is 14.4. The maximum absolute atomic E-state index is 5.88. The monoisotopic (exact) mass is 584 g/mol. The number of benzene rings is 5. The van der Waals surface area contributed by atoms with E-state index < -0.39 is 8.32 Å². The van der Waals surface area contributed by atoms with E-state index in [9.17, 15) is 0 Å². The van der Waals surface area contributed by atoms with Crippen molar-refractivity contribution in [2.75, 3.05) is 16.9 Å². The van der Waals surface area contributed by atoms with E-state index >= 15 is 0 Å². The van der Waals surface area contributed by atoms with Crippen LogP contribution in [0.3, 0.4) is 0 Å². The van der Waals surface area contributed by atoms with Crippen molar-refractivity contribution in [2.24, 2.45) is 0 Å². The fourth-order valence-corrected chi connectivity index (χ4v) is 7.22. The Hall–Kier alpha value is -4.12. The maximum Gasteiger partial charge on any atom is 0.217 e. The average Bonchev–Trinajstić information content (AvgIpc) is 2.93. The second kappa shape index (κ2) is 12.2. The largest absolute Gasteiger partial charge is 0.416 e. The van der Waals surface area contributed by atoms with Crippen molar-refractivity contribution in [3.05, 3.63) is 137 Å². The molecule has 220 valence electrons. The van der Waals surface area contributed by atoms with E-state index in [2.05, 4.69) is 168 Å². The Morgan fingerprint density at radius 3 is 0.930 bits per heavy atom. The predicted octanol–water partition coefficient (Wildman–Crippen LogP) is 10.5. The zero-order chi connectivity index (χ0) is 30.9. The molecule has 0 aliphatic rings. The third kappa shape index (κ3) is 6.77. The molecule has 0 amide bonds. The first-order chi connectivity index (χ1) is 20.4. The van der Waals surface area contributed by atoms with Gasteiger partial charge in [-0.25, -0.2) is 0 Å². The van der Waals surface area contributed by atoms with Crippen molar-refractivity contribution >= 4 is 47.6 Å². The fraction of sp³-hybridized carbons (Fsp3) is 0.231. The van der Waals surface area contributed by atoms with Crippen LogP contribution in [0.1, 0.15) is 33.4 Å². The van der Waals surface area contributed by atoms with Crippen LogP contribution < -0.4 is 15.0 Å². The molecular weight excluding hydrogens is 541 g/mol. The normalized spacial score (nSPS) is 11.5. The molecule has 0 radical (unpaired) electrons. The van der Waals surface area contributed by atoms with Crippen LogP contribution in [-0.2, 0) is 4.43 Å². The van der Waals surface area contributed by atoms with Crippen molar-refractivity contribution in [3.8, 4) is 0 Å². The molecule has 0 spiro atoms. The van der Waals surface area contributed by atoms with E-state index in [1.54, 1.807) is 0 Å². The smallest absolute Gasteiger partial charge is 0.217 e. The van der Waals surface area contributed by atoms with Crippen LogP contribution in [0.25, 0.3) is 0 Å². The van der Waals surface area contributed by atoms with Crippen LogP contribution in [0.5, 0.6) is 0 Å². The number of nitrogens with zero attached hydrogens (tertiary/aromatic N) is 2. The van der Waals surface area contributed by atoms with E-state index in [1.165, 1.54) is 49.9 Å². The van der Waals surface area contributed by atoms with Gasteiger partial charge in [-0.1, -0.05) is 30.3 Å². The van der Waals surface area contributed by atoms with Gasteiger partial charge in [0.05, 0.1) is 0 Å². The number of anilines is 6. The first kappa shape index (κ1) is 30.3. The number of rotatable bonds is 8. The molecule has 5 rings (SSSR count). The van der Waals surface area contributed by atoms with Gasteiger partial charge in [0, 0.05) is 41.2 Å². The van der Waals surface area contributed by atoms with Gasteiger partial charge in [-0.2, -0.15) is 0 Å². The van der Waals surface area contributed by atoms with Crippen LogP contribution in [0, 0.1) is 41.5 Å². The molecule has 0 fully saturated rings. The zero-order valence-electron chi connectivity index (χ0n) is 27.1. The molecule has 0 atom stereocenters. The summed E-state index contributed by atoms with van der Waals surface area (Å²) in [7, 11) is -0.0902.